The summed E-state index contributed by atoms with van der Waals surface area (Å²) in [7, 11) is -3.20. The molecule has 0 aromatic heterocycles. The average Bonchev–Trinajstić information content (AvgIpc) is 2.50. The number of rotatable bonds is 8. The number of sulfonamides is 1. The van der Waals surface area contributed by atoms with Crippen LogP contribution in [0.25, 0.3) is 0 Å². The van der Waals surface area contributed by atoms with Crippen LogP contribution >= 0.6 is 0 Å². The maximum absolute atomic E-state index is 12.0. The van der Waals surface area contributed by atoms with Crippen molar-refractivity contribution >= 4 is 10.0 Å². The highest BCUT2D eigenvalue weighted by molar-refractivity contribution is 7.89. The molecule has 1 aromatic carbocycles. The van der Waals surface area contributed by atoms with Gasteiger partial charge in [-0.05, 0) is 38.8 Å². The monoisotopic (exact) mass is 340 g/mol. The predicted molar refractivity (Wildman–Crippen MR) is 93.0 cm³/mol. The van der Waals surface area contributed by atoms with E-state index in [-0.39, 0.29) is 18.0 Å². The summed E-state index contributed by atoms with van der Waals surface area (Å²) in [6.07, 6.45) is 1.88. The Balaban J connectivity index is 1.64. The van der Waals surface area contributed by atoms with Crippen LogP contribution in [0.2, 0.25) is 0 Å². The summed E-state index contributed by atoms with van der Waals surface area (Å²) in [5.41, 5.74) is 1.05. The molecule has 0 bridgehead atoms. The average molecular weight is 340 g/mol. The molecule has 1 aliphatic heterocycles. The summed E-state index contributed by atoms with van der Waals surface area (Å²) >= 11 is 0. The van der Waals surface area contributed by atoms with Gasteiger partial charge in [0.15, 0.2) is 0 Å². The zero-order chi connectivity index (χ0) is 16.7. The smallest absolute Gasteiger partial charge is 0.211 e. The number of nitrogens with one attached hydrogen (secondary N) is 1. The van der Waals surface area contributed by atoms with E-state index in [1.54, 1.807) is 0 Å². The van der Waals surface area contributed by atoms with E-state index >= 15 is 0 Å². The van der Waals surface area contributed by atoms with Crippen molar-refractivity contribution in [3.63, 3.8) is 0 Å². The fourth-order valence-electron chi connectivity index (χ4n) is 2.97. The van der Waals surface area contributed by atoms with Crippen molar-refractivity contribution in [2.24, 2.45) is 0 Å². The molecule has 0 aliphatic carbocycles. The fourth-order valence-corrected chi connectivity index (χ4v) is 4.07. The van der Waals surface area contributed by atoms with Gasteiger partial charge in [-0.2, -0.15) is 0 Å². The molecular weight excluding hydrogens is 312 g/mol. The molecule has 1 saturated heterocycles. The van der Waals surface area contributed by atoms with Gasteiger partial charge in [-0.3, -0.25) is 4.90 Å². The molecule has 2 rings (SSSR count). The Kier molecular flexibility index (Phi) is 7.02. The van der Waals surface area contributed by atoms with E-state index in [1.807, 2.05) is 30.3 Å². The molecule has 1 aliphatic rings. The van der Waals surface area contributed by atoms with E-state index in [2.05, 4.69) is 23.5 Å². The first-order valence-corrected chi connectivity index (χ1v) is 9.99. The third-order valence-corrected chi connectivity index (χ3v) is 5.36. The van der Waals surface area contributed by atoms with Gasteiger partial charge in [0.25, 0.3) is 0 Å². The van der Waals surface area contributed by atoms with Gasteiger partial charge in [0.05, 0.1) is 18.0 Å². The third-order valence-electron chi connectivity index (χ3n) is 3.97. The van der Waals surface area contributed by atoms with E-state index < -0.39 is 10.0 Å². The summed E-state index contributed by atoms with van der Waals surface area (Å²) in [5.74, 6) is 0.142. The summed E-state index contributed by atoms with van der Waals surface area (Å²) in [4.78, 5) is 2.34. The summed E-state index contributed by atoms with van der Waals surface area (Å²) in [6.45, 7) is 7.40. The number of morpholine rings is 1. The molecule has 5 nitrogen and oxygen atoms in total. The van der Waals surface area contributed by atoms with Gasteiger partial charge in [-0.25, -0.2) is 13.1 Å². The minimum Gasteiger partial charge on any atom is -0.373 e. The lowest BCUT2D eigenvalue weighted by atomic mass is 10.2. The second kappa shape index (κ2) is 8.78. The molecule has 2 atom stereocenters. The normalized spacial score (nSPS) is 23.0. The number of hydrogen-bond donors (Lipinski definition) is 1. The van der Waals surface area contributed by atoms with Crippen molar-refractivity contribution in [2.45, 2.75) is 38.9 Å². The van der Waals surface area contributed by atoms with Crippen molar-refractivity contribution in [3.05, 3.63) is 35.9 Å². The standard InChI is InChI=1S/C17H28N2O3S/c1-15-13-19(14-16(2)22-15)11-6-10-18-23(20,21)12-9-17-7-4-3-5-8-17/h3-5,7-8,15-16,18H,6,9-14H2,1-2H3. The van der Waals surface area contributed by atoms with E-state index in [9.17, 15) is 8.42 Å². The van der Waals surface area contributed by atoms with Crippen LogP contribution in [0.15, 0.2) is 30.3 Å². The summed E-state index contributed by atoms with van der Waals surface area (Å²) in [6, 6.07) is 9.70. The molecule has 0 spiro atoms. The molecule has 1 fully saturated rings. The van der Waals surface area contributed by atoms with Crippen LogP contribution in [0.1, 0.15) is 25.8 Å². The van der Waals surface area contributed by atoms with Crippen LogP contribution in [0, 0.1) is 0 Å². The molecule has 23 heavy (non-hydrogen) atoms. The fraction of sp³-hybridized carbons (Fsp3) is 0.647. The number of nitrogens with zero attached hydrogens (tertiary/aromatic N) is 1. The van der Waals surface area contributed by atoms with Crippen LogP contribution in [0.4, 0.5) is 0 Å². The highest BCUT2D eigenvalue weighted by Crippen LogP contribution is 2.10. The van der Waals surface area contributed by atoms with Crippen LogP contribution in [-0.4, -0.2) is 57.5 Å². The second-order valence-corrected chi connectivity index (χ2v) is 8.25. The number of ether oxygens (including phenoxy) is 1. The predicted octanol–water partition coefficient (Wildman–Crippen LogP) is 1.65. The largest absolute Gasteiger partial charge is 0.373 e. The Labute approximate surface area is 140 Å². The number of benzene rings is 1. The van der Waals surface area contributed by atoms with Crippen molar-refractivity contribution in [1.82, 2.24) is 9.62 Å². The minimum atomic E-state index is -3.20. The molecule has 130 valence electrons. The molecule has 6 heteroatoms. The van der Waals surface area contributed by atoms with Gasteiger partial charge in [0.2, 0.25) is 10.0 Å². The van der Waals surface area contributed by atoms with Gasteiger partial charge < -0.3 is 4.74 Å². The van der Waals surface area contributed by atoms with Crippen LogP contribution in [0.5, 0.6) is 0 Å². The molecule has 1 aromatic rings. The Morgan fingerprint density at radius 1 is 1.17 bits per heavy atom. The Bertz CT molecular complexity index is 552. The van der Waals surface area contributed by atoms with E-state index in [1.165, 1.54) is 0 Å². The Morgan fingerprint density at radius 3 is 2.48 bits per heavy atom. The van der Waals surface area contributed by atoms with Gasteiger partial charge >= 0.3 is 0 Å². The van der Waals surface area contributed by atoms with Crippen molar-refractivity contribution in [3.8, 4) is 0 Å². The molecule has 0 amide bonds. The van der Waals surface area contributed by atoms with E-state index in [4.69, 9.17) is 4.74 Å². The molecule has 0 radical (unpaired) electrons. The van der Waals surface area contributed by atoms with Crippen LogP contribution < -0.4 is 4.72 Å². The summed E-state index contributed by atoms with van der Waals surface area (Å²) < 4.78 is 32.4. The first kappa shape index (κ1) is 18.4. The topological polar surface area (TPSA) is 58.6 Å². The van der Waals surface area contributed by atoms with Crippen molar-refractivity contribution < 1.29 is 13.2 Å². The van der Waals surface area contributed by atoms with Crippen LogP contribution in [0.3, 0.4) is 0 Å². The second-order valence-electron chi connectivity index (χ2n) is 6.32. The first-order chi connectivity index (χ1) is 10.9. The number of aryl methyl sites for hydroxylation is 1. The highest BCUT2D eigenvalue weighted by Gasteiger charge is 2.21. The van der Waals surface area contributed by atoms with E-state index in [0.29, 0.717) is 13.0 Å². The van der Waals surface area contributed by atoms with Gasteiger partial charge in [-0.15, -0.1) is 0 Å². The molecular formula is C17H28N2O3S. The van der Waals surface area contributed by atoms with Gasteiger partial charge in [-0.1, -0.05) is 30.3 Å². The molecule has 0 saturated carbocycles. The zero-order valence-electron chi connectivity index (χ0n) is 14.1. The van der Waals surface area contributed by atoms with Crippen molar-refractivity contribution in [2.75, 3.05) is 31.9 Å². The van der Waals surface area contributed by atoms with E-state index in [0.717, 1.165) is 31.6 Å². The lowest BCUT2D eigenvalue weighted by Gasteiger charge is -2.35. The SMILES string of the molecule is CC1CN(CCCNS(=O)(=O)CCc2ccccc2)CC(C)O1. The van der Waals surface area contributed by atoms with Crippen LogP contribution in [-0.2, 0) is 21.2 Å². The van der Waals surface area contributed by atoms with Gasteiger partial charge in [0.1, 0.15) is 0 Å². The lowest BCUT2D eigenvalue weighted by Crippen LogP contribution is -2.46. The molecule has 2 unspecified atom stereocenters. The maximum Gasteiger partial charge on any atom is 0.211 e. The Hall–Kier alpha value is -0.950. The third kappa shape index (κ3) is 6.99. The molecule has 1 N–H and O–H groups in total. The maximum atomic E-state index is 12.0. The van der Waals surface area contributed by atoms with Gasteiger partial charge in [0, 0.05) is 19.6 Å². The summed E-state index contributed by atoms with van der Waals surface area (Å²) in [5, 5.41) is 0. The Morgan fingerprint density at radius 2 is 1.83 bits per heavy atom. The first-order valence-electron chi connectivity index (χ1n) is 8.34. The minimum absolute atomic E-state index is 0.142. The quantitative estimate of drug-likeness (QED) is 0.731. The number of hydrogen-bond acceptors (Lipinski definition) is 4. The van der Waals surface area contributed by atoms with Crippen molar-refractivity contribution in [1.29, 1.82) is 0 Å². The highest BCUT2D eigenvalue weighted by atomic mass is 32.2. The lowest BCUT2D eigenvalue weighted by molar-refractivity contribution is -0.0679. The molecule has 1 heterocycles. The zero-order valence-corrected chi connectivity index (χ0v) is 14.9.